The molecule has 0 amide bonds. The van der Waals surface area contributed by atoms with Crippen LogP contribution in [0.15, 0.2) is 24.3 Å². The lowest BCUT2D eigenvalue weighted by Crippen LogP contribution is -3.00. The minimum atomic E-state index is 0. The first-order chi connectivity index (χ1) is 11.7. The van der Waals surface area contributed by atoms with Gasteiger partial charge in [-0.3, -0.25) is 9.28 Å². The van der Waals surface area contributed by atoms with Crippen molar-refractivity contribution in [3.8, 4) is 5.75 Å². The van der Waals surface area contributed by atoms with E-state index >= 15 is 0 Å². The van der Waals surface area contributed by atoms with Crippen molar-refractivity contribution in [2.75, 3.05) is 53.2 Å². The van der Waals surface area contributed by atoms with Crippen molar-refractivity contribution >= 4 is 5.78 Å². The van der Waals surface area contributed by atoms with Crippen molar-refractivity contribution in [3.63, 3.8) is 0 Å². The second-order valence-corrected chi connectivity index (χ2v) is 7.51. The van der Waals surface area contributed by atoms with Crippen LogP contribution in [-0.4, -0.2) is 78.1 Å². The van der Waals surface area contributed by atoms with E-state index in [1.54, 1.807) is 0 Å². The zero-order chi connectivity index (χ0) is 16.6. The zero-order valence-corrected chi connectivity index (χ0v) is 16.4. The molecule has 0 saturated carbocycles. The number of ether oxygens (including phenoxy) is 1. The second kappa shape index (κ2) is 7.72. The number of Topliss-reactive ketones (excluding diaryl/α,β-unsaturated/α-hetero) is 1. The van der Waals surface area contributed by atoms with Gasteiger partial charge in [-0.15, -0.1) is 0 Å². The van der Waals surface area contributed by atoms with Gasteiger partial charge in [-0.25, -0.2) is 14.7 Å². The number of nitrogens with zero attached hydrogens (tertiary/aromatic N) is 4. The molecule has 4 saturated heterocycles. The van der Waals surface area contributed by atoms with E-state index in [1.807, 2.05) is 24.3 Å². The molecule has 7 heteroatoms. The lowest BCUT2D eigenvalue weighted by Gasteiger charge is -2.60. The molecule has 138 valence electrons. The molecule has 4 bridgehead atoms. The molecule has 4 fully saturated rings. The van der Waals surface area contributed by atoms with E-state index in [1.165, 1.54) is 0 Å². The highest BCUT2D eigenvalue weighted by Gasteiger charge is 2.49. The molecule has 5 rings (SSSR count). The SMILES string of the molecule is CCCCOc1ccc(C(=O)C[N+]23CN4CN(CN(C4)C2)C3)cc1.[Br-]. The first-order valence-corrected chi connectivity index (χ1v) is 8.94. The fraction of sp³-hybridized carbons (Fsp3) is 0.611. The van der Waals surface area contributed by atoms with E-state index in [0.717, 1.165) is 75.3 Å². The Morgan fingerprint density at radius 3 is 2.12 bits per heavy atom. The van der Waals surface area contributed by atoms with Crippen LogP contribution in [0.2, 0.25) is 0 Å². The first kappa shape index (κ1) is 18.8. The number of carbonyl (C=O) groups is 1. The van der Waals surface area contributed by atoms with E-state index in [9.17, 15) is 4.79 Å². The third-order valence-corrected chi connectivity index (χ3v) is 5.12. The van der Waals surface area contributed by atoms with Crippen molar-refractivity contribution in [2.24, 2.45) is 0 Å². The Balaban J connectivity index is 0.00000182. The lowest BCUT2D eigenvalue weighted by atomic mass is 10.1. The molecule has 4 aliphatic heterocycles. The molecular weight excluding hydrogens is 384 g/mol. The number of rotatable bonds is 7. The number of unbranched alkanes of at least 4 members (excludes halogenated alkanes) is 1. The van der Waals surface area contributed by atoms with Gasteiger partial charge in [0.1, 0.15) is 32.3 Å². The summed E-state index contributed by atoms with van der Waals surface area (Å²) >= 11 is 0. The highest BCUT2D eigenvalue weighted by atomic mass is 79.9. The van der Waals surface area contributed by atoms with Crippen molar-refractivity contribution in [3.05, 3.63) is 29.8 Å². The van der Waals surface area contributed by atoms with Crippen LogP contribution in [0.5, 0.6) is 5.75 Å². The van der Waals surface area contributed by atoms with Crippen LogP contribution >= 0.6 is 0 Å². The molecule has 1 aromatic rings. The van der Waals surface area contributed by atoms with Crippen LogP contribution in [-0.2, 0) is 0 Å². The summed E-state index contributed by atoms with van der Waals surface area (Å²) in [7, 11) is 0. The maximum absolute atomic E-state index is 12.8. The summed E-state index contributed by atoms with van der Waals surface area (Å²) in [5.41, 5.74) is 0.798. The smallest absolute Gasteiger partial charge is 0.217 e. The molecule has 25 heavy (non-hydrogen) atoms. The van der Waals surface area contributed by atoms with Crippen LogP contribution in [0.25, 0.3) is 0 Å². The largest absolute Gasteiger partial charge is 1.00 e. The average molecular weight is 411 g/mol. The molecule has 0 spiro atoms. The van der Waals surface area contributed by atoms with Crippen LogP contribution in [0.3, 0.4) is 0 Å². The van der Waals surface area contributed by atoms with Gasteiger partial charge in [-0.1, -0.05) is 13.3 Å². The summed E-state index contributed by atoms with van der Waals surface area (Å²) in [6.07, 6.45) is 2.19. The van der Waals surface area contributed by atoms with Gasteiger partial charge in [0.25, 0.3) is 0 Å². The van der Waals surface area contributed by atoms with E-state index in [-0.39, 0.29) is 22.8 Å². The maximum atomic E-state index is 12.8. The molecule has 0 N–H and O–H groups in total. The van der Waals surface area contributed by atoms with Crippen molar-refractivity contribution in [1.29, 1.82) is 0 Å². The van der Waals surface area contributed by atoms with Crippen molar-refractivity contribution in [2.45, 2.75) is 19.8 Å². The van der Waals surface area contributed by atoms with Crippen LogP contribution in [0.1, 0.15) is 30.1 Å². The Morgan fingerprint density at radius 2 is 1.60 bits per heavy atom. The summed E-state index contributed by atoms with van der Waals surface area (Å²) in [4.78, 5) is 20.1. The summed E-state index contributed by atoms with van der Waals surface area (Å²) in [5, 5.41) is 0. The van der Waals surface area contributed by atoms with Crippen LogP contribution < -0.4 is 21.7 Å². The number of hydrogen-bond acceptors (Lipinski definition) is 5. The van der Waals surface area contributed by atoms with Gasteiger partial charge in [0.15, 0.2) is 0 Å². The monoisotopic (exact) mass is 410 g/mol. The lowest BCUT2D eigenvalue weighted by molar-refractivity contribution is -0.973. The molecule has 6 nitrogen and oxygen atoms in total. The topological polar surface area (TPSA) is 36.0 Å². The summed E-state index contributed by atoms with van der Waals surface area (Å²) < 4.78 is 6.53. The Labute approximate surface area is 160 Å². The summed E-state index contributed by atoms with van der Waals surface area (Å²) in [5.74, 6) is 1.09. The van der Waals surface area contributed by atoms with Crippen molar-refractivity contribution in [1.82, 2.24) is 14.7 Å². The average Bonchev–Trinajstić information content (AvgIpc) is 2.54. The highest BCUT2D eigenvalue weighted by Crippen LogP contribution is 2.29. The molecule has 0 atom stereocenters. The maximum Gasteiger partial charge on any atom is 0.217 e. The van der Waals surface area contributed by atoms with Gasteiger partial charge in [-0.2, -0.15) is 0 Å². The number of halogens is 1. The van der Waals surface area contributed by atoms with E-state index < -0.39 is 0 Å². The minimum absolute atomic E-state index is 0. The predicted octanol–water partition coefficient (Wildman–Crippen LogP) is -1.44. The Bertz CT molecular complexity index is 572. The van der Waals surface area contributed by atoms with Gasteiger partial charge in [0.2, 0.25) is 5.78 Å². The third-order valence-electron chi connectivity index (χ3n) is 5.12. The van der Waals surface area contributed by atoms with Crippen LogP contribution in [0.4, 0.5) is 0 Å². The zero-order valence-electron chi connectivity index (χ0n) is 14.9. The van der Waals surface area contributed by atoms with Gasteiger partial charge in [0, 0.05) is 5.56 Å². The molecular formula is C18H27BrN4O2. The van der Waals surface area contributed by atoms with Gasteiger partial charge in [-0.05, 0) is 30.7 Å². The quantitative estimate of drug-likeness (QED) is 0.312. The predicted molar refractivity (Wildman–Crippen MR) is 91.0 cm³/mol. The van der Waals surface area contributed by atoms with E-state index in [4.69, 9.17) is 4.74 Å². The number of ketones is 1. The van der Waals surface area contributed by atoms with Gasteiger partial charge in [0.05, 0.1) is 26.6 Å². The summed E-state index contributed by atoms with van der Waals surface area (Å²) in [6, 6.07) is 7.67. The van der Waals surface area contributed by atoms with Gasteiger partial charge >= 0.3 is 0 Å². The highest BCUT2D eigenvalue weighted by molar-refractivity contribution is 5.97. The minimum Gasteiger partial charge on any atom is -1.00 e. The normalized spacial score (nSPS) is 32.3. The Hall–Kier alpha value is -0.990. The molecule has 0 aromatic heterocycles. The molecule has 4 aliphatic rings. The van der Waals surface area contributed by atoms with Crippen molar-refractivity contribution < 1.29 is 31.0 Å². The fourth-order valence-corrected chi connectivity index (χ4v) is 4.28. The first-order valence-electron chi connectivity index (χ1n) is 8.94. The van der Waals surface area contributed by atoms with E-state index in [2.05, 4.69) is 21.6 Å². The van der Waals surface area contributed by atoms with E-state index in [0.29, 0.717) is 6.54 Å². The third kappa shape index (κ3) is 4.06. The standard InChI is InChI=1S/C18H27N4O2.BrH/c1-2-3-8-24-17-6-4-16(5-7-17)18(23)9-22-13-19-10-20(14-22)12-21(11-19)15-22;/h4-7H,2-3,8-15H2,1H3;1H/q+1;/p-1. The number of quaternary nitrogens is 1. The fourth-order valence-electron chi connectivity index (χ4n) is 4.28. The van der Waals surface area contributed by atoms with Gasteiger partial charge < -0.3 is 21.7 Å². The molecule has 4 heterocycles. The summed E-state index contributed by atoms with van der Waals surface area (Å²) in [6.45, 7) is 9.62. The number of carbonyl (C=O) groups excluding carboxylic acids is 1. The van der Waals surface area contributed by atoms with Crippen LogP contribution in [0, 0.1) is 0 Å². The second-order valence-electron chi connectivity index (χ2n) is 7.51. The molecule has 1 aromatic carbocycles. The molecule has 0 unspecified atom stereocenters. The number of hydrogen-bond donors (Lipinski definition) is 0. The molecule has 0 aliphatic carbocycles. The molecule has 0 radical (unpaired) electrons. The Morgan fingerprint density at radius 1 is 1.04 bits per heavy atom. The number of benzene rings is 1. The Kier molecular flexibility index (Phi) is 5.80.